The Hall–Kier alpha value is -2.33. The van der Waals surface area contributed by atoms with E-state index in [2.05, 4.69) is 5.32 Å². The Morgan fingerprint density at radius 1 is 1.52 bits per heavy atom. The molecule has 0 aromatic heterocycles. The first kappa shape index (κ1) is 21.0. The molecule has 0 unspecified atom stereocenters. The maximum absolute atomic E-state index is 12.5. The lowest BCUT2D eigenvalue weighted by molar-refractivity contribution is -0.384. The molecule has 0 saturated carbocycles. The molecule has 1 heterocycles. The van der Waals surface area contributed by atoms with E-state index in [9.17, 15) is 24.5 Å². The number of carbonyl (C=O) groups is 3. The van der Waals surface area contributed by atoms with Crippen molar-refractivity contribution in [3.8, 4) is 0 Å². The van der Waals surface area contributed by atoms with Gasteiger partial charge in [0, 0.05) is 18.6 Å². The van der Waals surface area contributed by atoms with Crippen LogP contribution >= 0.6 is 23.4 Å². The number of non-ortho nitro benzene ring substituents is 1. The highest BCUT2D eigenvalue weighted by Crippen LogP contribution is 2.23. The first-order valence-corrected chi connectivity index (χ1v) is 9.71. The summed E-state index contributed by atoms with van der Waals surface area (Å²) < 4.78 is 9.88. The average Bonchev–Trinajstić information content (AvgIpc) is 3.02. The van der Waals surface area contributed by atoms with Gasteiger partial charge in [-0.3, -0.25) is 14.9 Å². The third-order valence-corrected chi connectivity index (χ3v) is 4.71. The number of halogens is 1. The molecule has 1 aromatic carbocycles. The molecular weight excluding hydrogens is 400 g/mol. The molecule has 0 spiro atoms. The van der Waals surface area contributed by atoms with Crippen LogP contribution in [0.1, 0.15) is 23.2 Å². The van der Waals surface area contributed by atoms with E-state index >= 15 is 0 Å². The number of amides is 1. The summed E-state index contributed by atoms with van der Waals surface area (Å²) in [5.74, 6) is -1.48. The summed E-state index contributed by atoms with van der Waals surface area (Å²) >= 11 is 7.42. The van der Waals surface area contributed by atoms with Crippen molar-refractivity contribution in [3.05, 3.63) is 38.9 Å². The molecule has 1 aliphatic heterocycles. The van der Waals surface area contributed by atoms with Crippen LogP contribution in [0.4, 0.5) is 5.69 Å². The Bertz CT molecular complexity index is 758. The van der Waals surface area contributed by atoms with E-state index < -0.39 is 34.9 Å². The van der Waals surface area contributed by atoms with E-state index in [1.54, 1.807) is 0 Å². The monoisotopic (exact) mass is 416 g/mol. The molecule has 1 amide bonds. The number of thioether (sulfide) groups is 1. The van der Waals surface area contributed by atoms with Gasteiger partial charge in [0.25, 0.3) is 11.6 Å². The van der Waals surface area contributed by atoms with Gasteiger partial charge in [-0.25, -0.2) is 9.59 Å². The number of nitro benzene ring substituents is 1. The molecule has 0 radical (unpaired) electrons. The van der Waals surface area contributed by atoms with Gasteiger partial charge in [-0.15, -0.1) is 0 Å². The van der Waals surface area contributed by atoms with Gasteiger partial charge >= 0.3 is 11.9 Å². The Morgan fingerprint density at radius 2 is 2.26 bits per heavy atom. The molecule has 1 fully saturated rings. The van der Waals surface area contributed by atoms with Gasteiger partial charge in [-0.2, -0.15) is 11.8 Å². The van der Waals surface area contributed by atoms with Crippen LogP contribution in [0.5, 0.6) is 0 Å². The number of nitrogens with zero attached hydrogens (tertiary/aromatic N) is 1. The first-order chi connectivity index (χ1) is 12.8. The minimum Gasteiger partial charge on any atom is -0.463 e. The van der Waals surface area contributed by atoms with Gasteiger partial charge < -0.3 is 14.8 Å². The number of cyclic esters (lactones) is 1. The van der Waals surface area contributed by atoms with Gasteiger partial charge in [-0.05, 0) is 24.5 Å². The summed E-state index contributed by atoms with van der Waals surface area (Å²) in [6, 6.07) is 2.41. The largest absolute Gasteiger partial charge is 0.463 e. The van der Waals surface area contributed by atoms with Crippen molar-refractivity contribution in [2.75, 3.05) is 18.6 Å². The number of hydrogen-bond donors (Lipinski definition) is 1. The average molecular weight is 417 g/mol. The van der Waals surface area contributed by atoms with Crippen molar-refractivity contribution in [1.29, 1.82) is 0 Å². The molecule has 1 N–H and O–H groups in total. The number of ether oxygens (including phenoxy) is 2. The molecule has 11 heteroatoms. The van der Waals surface area contributed by atoms with Crippen LogP contribution in [0, 0.1) is 10.1 Å². The van der Waals surface area contributed by atoms with Gasteiger partial charge in [-0.1, -0.05) is 11.6 Å². The highest BCUT2D eigenvalue weighted by molar-refractivity contribution is 7.98. The Labute approximate surface area is 163 Å². The second-order valence-corrected chi connectivity index (χ2v) is 7.00. The molecule has 146 valence electrons. The van der Waals surface area contributed by atoms with Crippen molar-refractivity contribution < 1.29 is 28.8 Å². The number of rotatable bonds is 8. The van der Waals surface area contributed by atoms with Crippen LogP contribution in [0.3, 0.4) is 0 Å². The van der Waals surface area contributed by atoms with E-state index in [4.69, 9.17) is 21.1 Å². The van der Waals surface area contributed by atoms with Crippen molar-refractivity contribution in [1.82, 2.24) is 5.32 Å². The number of carbonyl (C=O) groups excluding carboxylic acids is 3. The number of hydrogen-bond acceptors (Lipinski definition) is 8. The number of esters is 2. The van der Waals surface area contributed by atoms with Crippen LogP contribution in [0.15, 0.2) is 18.2 Å². The summed E-state index contributed by atoms with van der Waals surface area (Å²) in [5, 5.41) is 13.2. The zero-order valence-electron chi connectivity index (χ0n) is 14.3. The first-order valence-electron chi connectivity index (χ1n) is 7.94. The molecule has 1 aromatic rings. The SMILES string of the molecule is CSCC[C@@H](NC(=O)c1ccc([N+](=O)[O-])cc1Cl)C(=O)O[C@H]1CCOC1=O. The molecule has 2 rings (SSSR count). The second-order valence-electron chi connectivity index (χ2n) is 5.61. The van der Waals surface area contributed by atoms with Crippen LogP contribution < -0.4 is 5.32 Å². The number of nitrogens with one attached hydrogen (secondary N) is 1. The summed E-state index contributed by atoms with van der Waals surface area (Å²) in [4.78, 5) is 46.4. The zero-order chi connectivity index (χ0) is 20.0. The zero-order valence-corrected chi connectivity index (χ0v) is 15.9. The fourth-order valence-electron chi connectivity index (χ4n) is 2.33. The standard InChI is InChI=1S/C16H17ClN2O7S/c1-27-7-5-12(15(21)26-13-4-6-25-16(13)22)18-14(20)10-3-2-9(19(23)24)8-11(10)17/h2-3,8,12-13H,4-7H2,1H3,(H,18,20)/t12-,13+/m1/s1. The highest BCUT2D eigenvalue weighted by Gasteiger charge is 2.33. The van der Waals surface area contributed by atoms with E-state index in [1.165, 1.54) is 17.8 Å². The lowest BCUT2D eigenvalue weighted by Gasteiger charge is -2.19. The van der Waals surface area contributed by atoms with E-state index in [-0.39, 0.29) is 35.7 Å². The predicted molar refractivity (Wildman–Crippen MR) is 97.8 cm³/mol. The van der Waals surface area contributed by atoms with Gasteiger partial charge in [0.05, 0.1) is 22.1 Å². The molecule has 9 nitrogen and oxygen atoms in total. The molecule has 27 heavy (non-hydrogen) atoms. The number of nitro groups is 1. The van der Waals surface area contributed by atoms with Crippen LogP contribution in [-0.4, -0.2) is 53.5 Å². The van der Waals surface area contributed by atoms with Crippen molar-refractivity contribution in [3.63, 3.8) is 0 Å². The Balaban J connectivity index is 2.10. The van der Waals surface area contributed by atoms with E-state index in [1.807, 2.05) is 6.26 Å². The molecule has 0 bridgehead atoms. The maximum atomic E-state index is 12.5. The molecular formula is C16H17ClN2O7S. The fraction of sp³-hybridized carbons (Fsp3) is 0.438. The third kappa shape index (κ3) is 5.57. The minimum absolute atomic E-state index is 0.00973. The topological polar surface area (TPSA) is 125 Å². The van der Waals surface area contributed by atoms with Crippen LogP contribution in [-0.2, 0) is 19.1 Å². The second kappa shape index (κ2) is 9.56. The third-order valence-electron chi connectivity index (χ3n) is 3.75. The normalized spacial score (nSPS) is 17.1. The fourth-order valence-corrected chi connectivity index (χ4v) is 3.06. The molecule has 2 atom stereocenters. The Morgan fingerprint density at radius 3 is 2.81 bits per heavy atom. The smallest absolute Gasteiger partial charge is 0.347 e. The maximum Gasteiger partial charge on any atom is 0.347 e. The summed E-state index contributed by atoms with van der Waals surface area (Å²) in [6.45, 7) is 0.178. The minimum atomic E-state index is -0.996. The number of benzene rings is 1. The van der Waals surface area contributed by atoms with Crippen LogP contribution in [0.25, 0.3) is 0 Å². The lowest BCUT2D eigenvalue weighted by atomic mass is 10.1. The highest BCUT2D eigenvalue weighted by atomic mass is 35.5. The summed E-state index contributed by atoms with van der Waals surface area (Å²) in [7, 11) is 0. The van der Waals surface area contributed by atoms with E-state index in [0.29, 0.717) is 5.75 Å². The summed E-state index contributed by atoms with van der Waals surface area (Å²) in [6.07, 6.45) is 1.40. The van der Waals surface area contributed by atoms with Crippen molar-refractivity contribution in [2.24, 2.45) is 0 Å². The van der Waals surface area contributed by atoms with Gasteiger partial charge in [0.2, 0.25) is 6.10 Å². The molecule has 1 aliphatic rings. The van der Waals surface area contributed by atoms with Crippen LogP contribution in [0.2, 0.25) is 5.02 Å². The van der Waals surface area contributed by atoms with Gasteiger partial charge in [0.15, 0.2) is 0 Å². The van der Waals surface area contributed by atoms with Crippen molar-refractivity contribution in [2.45, 2.75) is 25.0 Å². The molecule has 1 saturated heterocycles. The predicted octanol–water partition coefficient (Wildman–Crippen LogP) is 1.96. The Kier molecular flexibility index (Phi) is 7.43. The quantitative estimate of drug-likeness (QED) is 0.387. The van der Waals surface area contributed by atoms with E-state index in [0.717, 1.165) is 12.1 Å². The molecule has 0 aliphatic carbocycles. The lowest BCUT2D eigenvalue weighted by Crippen LogP contribution is -2.44. The van der Waals surface area contributed by atoms with Crippen molar-refractivity contribution >= 4 is 46.9 Å². The van der Waals surface area contributed by atoms with Gasteiger partial charge in [0.1, 0.15) is 6.04 Å². The summed E-state index contributed by atoms with van der Waals surface area (Å²) in [5.41, 5.74) is -0.265.